The SMILES string of the molecule is CC(NC(=O)CI)c1cccc2c3c([nH]c12)CCC3. The zero-order valence-corrected chi connectivity index (χ0v) is 13.1. The summed E-state index contributed by atoms with van der Waals surface area (Å²) < 4.78 is 0.499. The maximum Gasteiger partial charge on any atom is 0.230 e. The molecule has 1 aromatic carbocycles. The molecule has 3 nitrogen and oxygen atoms in total. The predicted molar refractivity (Wildman–Crippen MR) is 85.8 cm³/mol. The van der Waals surface area contributed by atoms with Gasteiger partial charge in [-0.2, -0.15) is 0 Å². The number of halogens is 1. The number of H-pyrrole nitrogens is 1. The van der Waals surface area contributed by atoms with E-state index in [0.717, 1.165) is 6.42 Å². The molecule has 3 rings (SSSR count). The lowest BCUT2D eigenvalue weighted by atomic mass is 10.0. The molecular formula is C15H17IN2O. The summed E-state index contributed by atoms with van der Waals surface area (Å²) in [6, 6.07) is 6.43. The Labute approximate surface area is 126 Å². The van der Waals surface area contributed by atoms with Crippen molar-refractivity contribution in [1.29, 1.82) is 0 Å². The van der Waals surface area contributed by atoms with Gasteiger partial charge in [-0.25, -0.2) is 0 Å². The Balaban J connectivity index is 2.02. The van der Waals surface area contributed by atoms with E-state index in [9.17, 15) is 4.79 Å². The topological polar surface area (TPSA) is 44.9 Å². The van der Waals surface area contributed by atoms with Crippen LogP contribution in [-0.4, -0.2) is 15.3 Å². The van der Waals surface area contributed by atoms with Crippen molar-refractivity contribution < 1.29 is 4.79 Å². The van der Waals surface area contributed by atoms with E-state index in [1.807, 2.05) is 6.92 Å². The lowest BCUT2D eigenvalue weighted by molar-refractivity contribution is -0.118. The summed E-state index contributed by atoms with van der Waals surface area (Å²) in [7, 11) is 0. The van der Waals surface area contributed by atoms with Crippen LogP contribution in [0.15, 0.2) is 18.2 Å². The quantitative estimate of drug-likeness (QED) is 0.634. The summed E-state index contributed by atoms with van der Waals surface area (Å²) in [5.74, 6) is 0.0872. The first-order valence-corrected chi connectivity index (χ1v) is 8.21. The number of alkyl halides is 1. The van der Waals surface area contributed by atoms with Crippen LogP contribution in [-0.2, 0) is 17.6 Å². The third-order valence-electron chi connectivity index (χ3n) is 3.88. The molecule has 1 aliphatic carbocycles. The highest BCUT2D eigenvalue weighted by Gasteiger charge is 2.20. The Morgan fingerprint density at radius 3 is 3.11 bits per heavy atom. The fourth-order valence-electron chi connectivity index (χ4n) is 3.01. The van der Waals surface area contributed by atoms with E-state index in [2.05, 4.69) is 51.1 Å². The fourth-order valence-corrected chi connectivity index (χ4v) is 3.23. The number of para-hydroxylation sites is 1. The molecule has 0 fully saturated rings. The lowest BCUT2D eigenvalue weighted by Crippen LogP contribution is -2.27. The Hall–Kier alpha value is -1.04. The Kier molecular flexibility index (Phi) is 3.52. The highest BCUT2D eigenvalue weighted by Crippen LogP contribution is 2.33. The van der Waals surface area contributed by atoms with Gasteiger partial charge in [0.2, 0.25) is 5.91 Å². The summed E-state index contributed by atoms with van der Waals surface area (Å²) in [6.07, 6.45) is 3.58. The maximum absolute atomic E-state index is 11.5. The number of fused-ring (bicyclic) bond motifs is 3. The van der Waals surface area contributed by atoms with Gasteiger partial charge in [0.05, 0.1) is 16.0 Å². The van der Waals surface area contributed by atoms with Gasteiger partial charge in [-0.3, -0.25) is 4.79 Å². The first-order chi connectivity index (χ1) is 9.20. The molecule has 0 saturated heterocycles. The van der Waals surface area contributed by atoms with Crippen LogP contribution in [0.1, 0.15) is 36.2 Å². The van der Waals surface area contributed by atoms with Gasteiger partial charge < -0.3 is 10.3 Å². The second-order valence-corrected chi connectivity index (χ2v) is 5.89. The molecule has 2 aromatic rings. The molecule has 0 saturated carbocycles. The van der Waals surface area contributed by atoms with E-state index in [1.165, 1.54) is 40.6 Å². The second kappa shape index (κ2) is 5.15. The number of aromatic amines is 1. The maximum atomic E-state index is 11.5. The molecule has 1 amide bonds. The van der Waals surface area contributed by atoms with Crippen LogP contribution in [0.3, 0.4) is 0 Å². The molecule has 100 valence electrons. The molecule has 1 aliphatic rings. The van der Waals surface area contributed by atoms with Crippen LogP contribution < -0.4 is 5.32 Å². The highest BCUT2D eigenvalue weighted by molar-refractivity contribution is 14.1. The molecule has 2 N–H and O–H groups in total. The van der Waals surface area contributed by atoms with Crippen molar-refractivity contribution >= 4 is 39.4 Å². The minimum absolute atomic E-state index is 0.0461. The minimum atomic E-state index is 0.0461. The van der Waals surface area contributed by atoms with E-state index in [-0.39, 0.29) is 11.9 Å². The Morgan fingerprint density at radius 2 is 2.32 bits per heavy atom. The number of nitrogens with one attached hydrogen (secondary N) is 2. The van der Waals surface area contributed by atoms with Gasteiger partial charge in [-0.15, -0.1) is 0 Å². The summed E-state index contributed by atoms with van der Waals surface area (Å²) in [4.78, 5) is 15.1. The summed E-state index contributed by atoms with van der Waals surface area (Å²) in [6.45, 7) is 2.05. The molecule has 0 spiro atoms. The van der Waals surface area contributed by atoms with Gasteiger partial charge in [0.1, 0.15) is 0 Å². The van der Waals surface area contributed by atoms with Gasteiger partial charge in [-0.1, -0.05) is 40.8 Å². The predicted octanol–water partition coefficient (Wildman–Crippen LogP) is 3.27. The first kappa shape index (κ1) is 13.0. The van der Waals surface area contributed by atoms with Crippen LogP contribution in [0.25, 0.3) is 10.9 Å². The molecule has 0 aliphatic heterocycles. The number of aromatic nitrogens is 1. The van der Waals surface area contributed by atoms with Crippen molar-refractivity contribution in [2.75, 3.05) is 4.43 Å². The molecule has 0 radical (unpaired) electrons. The van der Waals surface area contributed by atoms with E-state index >= 15 is 0 Å². The van der Waals surface area contributed by atoms with Crippen molar-refractivity contribution in [1.82, 2.24) is 10.3 Å². The van der Waals surface area contributed by atoms with Crippen molar-refractivity contribution in [3.8, 4) is 0 Å². The monoisotopic (exact) mass is 368 g/mol. The van der Waals surface area contributed by atoms with Crippen LogP contribution in [0.2, 0.25) is 0 Å². The minimum Gasteiger partial charge on any atom is -0.358 e. The molecule has 1 atom stereocenters. The third-order valence-corrected chi connectivity index (χ3v) is 4.57. The number of hydrogen-bond acceptors (Lipinski definition) is 1. The molecule has 19 heavy (non-hydrogen) atoms. The molecule has 4 heteroatoms. The summed E-state index contributed by atoms with van der Waals surface area (Å²) in [5, 5.41) is 4.37. The zero-order chi connectivity index (χ0) is 13.4. The largest absolute Gasteiger partial charge is 0.358 e. The first-order valence-electron chi connectivity index (χ1n) is 6.68. The number of carbonyl (C=O) groups is 1. The normalized spacial score (nSPS) is 15.5. The molecule has 1 unspecified atom stereocenters. The number of carbonyl (C=O) groups excluding carboxylic acids is 1. The Bertz CT molecular complexity index is 632. The van der Waals surface area contributed by atoms with Crippen LogP contribution in [0, 0.1) is 0 Å². The van der Waals surface area contributed by atoms with Gasteiger partial charge >= 0.3 is 0 Å². The van der Waals surface area contributed by atoms with Crippen LogP contribution in [0.4, 0.5) is 0 Å². The van der Waals surface area contributed by atoms with Gasteiger partial charge in [0.25, 0.3) is 0 Å². The van der Waals surface area contributed by atoms with Crippen molar-refractivity contribution in [2.45, 2.75) is 32.2 Å². The van der Waals surface area contributed by atoms with E-state index in [1.54, 1.807) is 0 Å². The van der Waals surface area contributed by atoms with Crippen molar-refractivity contribution in [2.24, 2.45) is 0 Å². The van der Waals surface area contributed by atoms with Crippen molar-refractivity contribution in [3.63, 3.8) is 0 Å². The van der Waals surface area contributed by atoms with Crippen LogP contribution in [0.5, 0.6) is 0 Å². The number of benzene rings is 1. The third kappa shape index (κ3) is 2.26. The number of rotatable bonds is 3. The smallest absolute Gasteiger partial charge is 0.230 e. The standard InChI is InChI=1S/C15H17IN2O/c1-9(17-14(19)8-16)10-4-2-6-12-11-5-3-7-13(11)18-15(10)12/h2,4,6,9,18H,3,5,7-8H2,1H3,(H,17,19). The van der Waals surface area contributed by atoms with Crippen LogP contribution >= 0.6 is 22.6 Å². The fraction of sp³-hybridized carbons (Fsp3) is 0.400. The molecule has 1 heterocycles. The number of aryl methyl sites for hydroxylation is 2. The molecule has 1 aromatic heterocycles. The summed E-state index contributed by atoms with van der Waals surface area (Å²) >= 11 is 2.09. The highest BCUT2D eigenvalue weighted by atomic mass is 127. The number of amides is 1. The average Bonchev–Trinajstić information content (AvgIpc) is 2.98. The lowest BCUT2D eigenvalue weighted by Gasteiger charge is -2.14. The number of hydrogen-bond donors (Lipinski definition) is 2. The van der Waals surface area contributed by atoms with E-state index < -0.39 is 0 Å². The second-order valence-electron chi connectivity index (χ2n) is 5.13. The summed E-state index contributed by atoms with van der Waals surface area (Å²) in [5.41, 5.74) is 5.25. The zero-order valence-electron chi connectivity index (χ0n) is 10.9. The van der Waals surface area contributed by atoms with Gasteiger partial charge in [0, 0.05) is 11.1 Å². The molecule has 0 bridgehead atoms. The van der Waals surface area contributed by atoms with E-state index in [4.69, 9.17) is 0 Å². The van der Waals surface area contributed by atoms with Crippen molar-refractivity contribution in [3.05, 3.63) is 35.0 Å². The van der Waals surface area contributed by atoms with E-state index in [0.29, 0.717) is 4.43 Å². The molecular weight excluding hydrogens is 351 g/mol. The Morgan fingerprint density at radius 1 is 1.47 bits per heavy atom. The van der Waals surface area contributed by atoms with Gasteiger partial charge in [0.15, 0.2) is 0 Å². The average molecular weight is 368 g/mol. The van der Waals surface area contributed by atoms with Gasteiger partial charge in [-0.05, 0) is 37.3 Å².